The largest absolute Gasteiger partial charge is 0 e. The third-order valence-electron chi connectivity index (χ3n) is 5.21. The van der Waals surface area contributed by atoms with Crippen LogP contribution in [0.3, 0.4) is 0 Å². The van der Waals surface area contributed by atoms with Crippen molar-refractivity contribution in [3.05, 3.63) is 188 Å². The van der Waals surface area contributed by atoms with Gasteiger partial charge >= 0.3 is 113 Å². The molecule has 0 radical (unpaired) electrons. The van der Waals surface area contributed by atoms with Gasteiger partial charge in [0.05, 0.1) is 0 Å². The molecule has 0 heterocycles. The maximum atomic E-state index is 7.50. The summed E-state index contributed by atoms with van der Waals surface area (Å²) in [5, 5.41) is 5.38. The molecule has 0 aromatic heterocycles. The van der Waals surface area contributed by atoms with Crippen molar-refractivity contribution in [3.8, 4) is 0 Å². The second-order valence-corrected chi connectivity index (χ2v) is 17.3. The Morgan fingerprint density at radius 3 is 0.625 bits per heavy atom. The Labute approximate surface area is 377 Å². The fourth-order valence-corrected chi connectivity index (χ4v) is 13.5. The van der Waals surface area contributed by atoms with Crippen molar-refractivity contribution in [1.29, 1.82) is 0 Å². The minimum absolute atomic E-state index is 0. The van der Waals surface area contributed by atoms with Gasteiger partial charge < -0.3 is 0 Å². The van der Waals surface area contributed by atoms with Crippen LogP contribution in [0.1, 0.15) is 0 Å². The molecule has 56 heavy (non-hydrogen) atoms. The Morgan fingerprint density at radius 1 is 0.339 bits per heavy atom. The second-order valence-electron chi connectivity index (χ2n) is 7.49. The summed E-state index contributed by atoms with van der Waals surface area (Å²) in [7, 11) is -2.24. The molecule has 0 amide bonds. The standard InChI is InChI=1S/C28H24P2S4.10CO.2W/c31-27(29(23-13-5-1-6-14-23)24-15-7-2-8-16-24)33-21-22-34-28(32)30(25-17-9-3-10-18-25)26-19-11-4-12-20-26;10*1-2;;/h1-20H,21-22H2;;;;;;;;;;;;/p+2. The maximum Gasteiger partial charge on any atom is 0 e. The van der Waals surface area contributed by atoms with Gasteiger partial charge in [0.1, 0.15) is 37.1 Å². The van der Waals surface area contributed by atoms with Gasteiger partial charge in [-0.25, -0.2) is 0 Å². The van der Waals surface area contributed by atoms with Crippen molar-refractivity contribution in [2.24, 2.45) is 0 Å². The molecule has 4 aromatic rings. The molecule has 0 unspecified atom stereocenters. The smallest absolute Gasteiger partial charge is 0 e. The van der Waals surface area contributed by atoms with Crippen LogP contribution in [0.5, 0.6) is 0 Å². The molecule has 0 fully saturated rings. The summed E-state index contributed by atoms with van der Waals surface area (Å²) in [5.41, 5.74) is 0. The molecular formula is C38H26O10P2S4W2+2. The Hall–Kier alpha value is -2.60. The molecule has 0 atom stereocenters. The van der Waals surface area contributed by atoms with Gasteiger partial charge in [0, 0.05) is 53.6 Å². The minimum atomic E-state index is -1.12. The summed E-state index contributed by atoms with van der Waals surface area (Å²) >= 11 is 15.6. The van der Waals surface area contributed by atoms with Crippen LogP contribution in [0.15, 0.2) is 121 Å². The first-order valence-electron chi connectivity index (χ1n) is 13.1. The molecular weight excluding hydrogens is 1170 g/mol. The van der Waals surface area contributed by atoms with Crippen LogP contribution in [0.2, 0.25) is 0 Å². The van der Waals surface area contributed by atoms with Gasteiger partial charge in [-0.2, -0.15) is 0 Å². The molecule has 0 spiro atoms. The zero-order chi connectivity index (χ0) is 43.6. The average molecular weight is 1200 g/mol. The van der Waals surface area contributed by atoms with E-state index in [1.54, 1.807) is 0 Å². The molecule has 4 rings (SSSR count). The number of benzene rings is 4. The summed E-state index contributed by atoms with van der Waals surface area (Å²) < 4.78 is 77.2. The minimum Gasteiger partial charge on any atom is 0 e. The normalized spacial score (nSPS) is 7.04. The summed E-state index contributed by atoms with van der Waals surface area (Å²) in [6, 6.07) is 42.9. The number of rotatable bonds is 9. The predicted molar refractivity (Wildman–Crippen MR) is 210 cm³/mol. The Balaban J connectivity index is -0.000000125. The van der Waals surface area contributed by atoms with Crippen molar-refractivity contribution >= 4 is 92.9 Å². The van der Waals surface area contributed by atoms with Crippen molar-refractivity contribution < 1.29 is 88.7 Å². The van der Waals surface area contributed by atoms with Crippen molar-refractivity contribution in [3.63, 3.8) is 0 Å². The van der Waals surface area contributed by atoms with Crippen LogP contribution in [-0.2, 0) is 88.7 Å². The first-order valence-corrected chi connectivity index (χ1v) is 18.9. The van der Waals surface area contributed by atoms with Crippen LogP contribution in [0.25, 0.3) is 0 Å². The molecule has 282 valence electrons. The van der Waals surface area contributed by atoms with E-state index in [9.17, 15) is 0 Å². The van der Waals surface area contributed by atoms with Crippen molar-refractivity contribution in [2.75, 3.05) is 11.5 Å². The quantitative estimate of drug-likeness (QED) is 0.0617. The Morgan fingerprint density at radius 2 is 0.482 bits per heavy atom. The van der Waals surface area contributed by atoms with E-state index >= 15 is 0 Å². The first kappa shape index (κ1) is 74.4. The zero-order valence-electron chi connectivity index (χ0n) is 28.5. The fraction of sp³-hybridized carbons (Fsp3) is 0.0526. The molecule has 0 N–H and O–H groups in total. The predicted octanol–water partition coefficient (Wildman–Crippen LogP) is 6.37. The summed E-state index contributed by atoms with van der Waals surface area (Å²) in [4.78, 5) is 0. The first-order chi connectivity index (χ1) is 26.7. The van der Waals surface area contributed by atoms with E-state index in [4.69, 9.17) is 71.0 Å². The zero-order valence-corrected chi connectivity index (χ0v) is 39.6. The van der Waals surface area contributed by atoms with Crippen LogP contribution in [0, 0.1) is 66.5 Å². The van der Waals surface area contributed by atoms with Gasteiger partial charge in [0.25, 0.3) is 0 Å². The van der Waals surface area contributed by atoms with Crippen LogP contribution >= 0.6 is 63.8 Å². The number of hydrogen-bond acceptors (Lipinski definition) is 4. The molecule has 0 saturated heterocycles. The van der Waals surface area contributed by atoms with E-state index < -0.39 is 15.8 Å². The van der Waals surface area contributed by atoms with Gasteiger partial charge in [0.2, 0.25) is 0 Å². The van der Waals surface area contributed by atoms with E-state index in [0.29, 0.717) is 0 Å². The Kier molecular flexibility index (Phi) is 89.2. The van der Waals surface area contributed by atoms with Gasteiger partial charge in [-0.3, -0.25) is 0 Å². The van der Waals surface area contributed by atoms with E-state index in [-0.39, 0.29) is 42.1 Å². The van der Waals surface area contributed by atoms with E-state index in [0.717, 1.165) is 19.4 Å². The summed E-state index contributed by atoms with van der Waals surface area (Å²) in [6.45, 7) is 45.0. The molecule has 0 saturated carbocycles. The molecule has 0 aliphatic carbocycles. The van der Waals surface area contributed by atoms with Crippen LogP contribution in [0.4, 0.5) is 0 Å². The average Bonchev–Trinajstić information content (AvgIpc) is 3.31. The molecule has 10 nitrogen and oxygen atoms in total. The third kappa shape index (κ3) is 35.8. The van der Waals surface area contributed by atoms with E-state index in [1.807, 2.05) is 23.5 Å². The van der Waals surface area contributed by atoms with Gasteiger partial charge in [-0.05, 0) is 73.0 Å². The van der Waals surface area contributed by atoms with Gasteiger partial charge in [0.15, 0.2) is 7.88 Å². The SMILES string of the molecule is S=C(SCCSC(=S)[PH+](c1ccccc1)c1ccccc1)[PH+](c1ccccc1)c1ccccc1.[C-]#[O+].[C-]#[O+].[C-]#[O+].[C-]#[O+].[C-]#[O+].[C-]#[O+].[C-]#[O+].[C-]#[O+].[C-]#[O+].[C-]#[O+].[W].[W]. The number of hydrogen-bond donors (Lipinski definition) is 0. The van der Waals surface area contributed by atoms with Crippen LogP contribution < -0.4 is 21.2 Å². The fourth-order valence-electron chi connectivity index (χ4n) is 3.64. The molecule has 0 bridgehead atoms. The monoisotopic (exact) mass is 1200 g/mol. The van der Waals surface area contributed by atoms with E-state index in [2.05, 4.69) is 188 Å². The van der Waals surface area contributed by atoms with E-state index in [1.165, 1.54) is 21.2 Å². The van der Waals surface area contributed by atoms with Gasteiger partial charge in [-0.15, -0.1) is 0 Å². The number of thioether (sulfide) groups is 2. The molecule has 0 aliphatic rings. The topological polar surface area (TPSA) is 199 Å². The van der Waals surface area contributed by atoms with Gasteiger partial charge in [-0.1, -0.05) is 96.3 Å². The maximum absolute atomic E-state index is 7.50. The van der Waals surface area contributed by atoms with Crippen molar-refractivity contribution in [1.82, 2.24) is 0 Å². The second kappa shape index (κ2) is 67.2. The number of thiocarbonyl (C=S) groups is 2. The molecule has 4 aromatic carbocycles. The van der Waals surface area contributed by atoms with Crippen LogP contribution in [-0.4, -0.2) is 19.4 Å². The molecule has 18 heteroatoms. The summed E-state index contributed by atoms with van der Waals surface area (Å²) in [6.07, 6.45) is 0. The van der Waals surface area contributed by atoms with Crippen molar-refractivity contribution in [2.45, 2.75) is 0 Å². The Bertz CT molecular complexity index is 1410. The summed E-state index contributed by atoms with van der Waals surface area (Å²) in [5.74, 6) is 1.94. The molecule has 0 aliphatic heterocycles. The third-order valence-corrected chi connectivity index (χ3v) is 15.3.